The van der Waals surface area contributed by atoms with Gasteiger partial charge in [0.2, 0.25) is 10.0 Å². The predicted molar refractivity (Wildman–Crippen MR) is 85.2 cm³/mol. The molecule has 0 fully saturated rings. The molecule has 7 heteroatoms. The predicted octanol–water partition coefficient (Wildman–Crippen LogP) is 2.83. The van der Waals surface area contributed by atoms with Gasteiger partial charge in [0, 0.05) is 5.69 Å². The molecule has 0 bridgehead atoms. The Bertz CT molecular complexity index is 823. The zero-order valence-electron chi connectivity index (χ0n) is 12.6. The highest BCUT2D eigenvalue weighted by Crippen LogP contribution is 2.22. The Hall–Kier alpha value is -2.12. The van der Waals surface area contributed by atoms with Gasteiger partial charge in [0.05, 0.1) is 4.90 Å². The topological polar surface area (TPSA) is 98.5 Å². The molecule has 2 aromatic rings. The van der Waals surface area contributed by atoms with Crippen LogP contribution in [0, 0.1) is 0 Å². The zero-order chi connectivity index (χ0) is 16.5. The third-order valence-corrected chi connectivity index (χ3v) is 3.70. The van der Waals surface area contributed by atoms with Crippen molar-refractivity contribution in [1.82, 2.24) is 0 Å². The summed E-state index contributed by atoms with van der Waals surface area (Å²) >= 11 is 0. The van der Waals surface area contributed by atoms with E-state index >= 15 is 0 Å². The van der Waals surface area contributed by atoms with E-state index in [4.69, 9.17) is 9.88 Å². The van der Waals surface area contributed by atoms with Crippen molar-refractivity contribution in [1.29, 1.82) is 0 Å². The fraction of sp³-hybridized carbons (Fsp3) is 0.267. The summed E-state index contributed by atoms with van der Waals surface area (Å²) in [7, 11) is -3.73. The summed E-state index contributed by atoms with van der Waals surface area (Å²) in [6.45, 7) is 5.34. The van der Waals surface area contributed by atoms with E-state index in [1.807, 2.05) is 0 Å². The fourth-order valence-corrected chi connectivity index (χ4v) is 2.45. The van der Waals surface area contributed by atoms with Gasteiger partial charge in [-0.2, -0.15) is 0 Å². The SMILES string of the molecule is CC(C)(C)OC(=O)Nc1ccc2cc(S(N)(=O)=O)ccc2c1. The van der Waals surface area contributed by atoms with E-state index in [1.165, 1.54) is 12.1 Å². The van der Waals surface area contributed by atoms with E-state index in [9.17, 15) is 13.2 Å². The summed E-state index contributed by atoms with van der Waals surface area (Å²) in [6, 6.07) is 9.65. The number of nitrogens with one attached hydrogen (secondary N) is 1. The Labute approximate surface area is 129 Å². The van der Waals surface area contributed by atoms with Gasteiger partial charge in [-0.15, -0.1) is 0 Å². The summed E-state index contributed by atoms with van der Waals surface area (Å²) in [5, 5.41) is 9.22. The second-order valence-electron chi connectivity index (χ2n) is 5.90. The van der Waals surface area contributed by atoms with Crippen LogP contribution in [0.4, 0.5) is 10.5 Å². The van der Waals surface area contributed by atoms with Crippen LogP contribution in [-0.4, -0.2) is 20.1 Å². The second-order valence-corrected chi connectivity index (χ2v) is 7.46. The van der Waals surface area contributed by atoms with Crippen molar-refractivity contribution in [3.05, 3.63) is 36.4 Å². The molecule has 0 aliphatic heterocycles. The monoisotopic (exact) mass is 322 g/mol. The lowest BCUT2D eigenvalue weighted by atomic mass is 10.1. The normalized spacial score (nSPS) is 12.2. The summed E-state index contributed by atoms with van der Waals surface area (Å²) in [5.41, 5.74) is -0.0178. The number of sulfonamides is 1. The molecule has 0 atom stereocenters. The Kier molecular flexibility index (Phi) is 4.12. The first-order valence-electron chi connectivity index (χ1n) is 6.61. The van der Waals surface area contributed by atoms with Crippen molar-refractivity contribution in [3.63, 3.8) is 0 Å². The molecule has 2 rings (SSSR count). The first-order valence-corrected chi connectivity index (χ1v) is 8.16. The van der Waals surface area contributed by atoms with E-state index in [0.717, 1.165) is 5.39 Å². The number of anilines is 1. The van der Waals surface area contributed by atoms with Crippen LogP contribution in [0.3, 0.4) is 0 Å². The number of hydrogen-bond acceptors (Lipinski definition) is 4. The third kappa shape index (κ3) is 4.19. The lowest BCUT2D eigenvalue weighted by molar-refractivity contribution is 0.0636. The van der Waals surface area contributed by atoms with Crippen molar-refractivity contribution >= 4 is 32.6 Å². The van der Waals surface area contributed by atoms with Crippen LogP contribution in [-0.2, 0) is 14.8 Å². The summed E-state index contributed by atoms with van der Waals surface area (Å²) in [6.07, 6.45) is -0.548. The molecule has 0 heterocycles. The van der Waals surface area contributed by atoms with Gasteiger partial charge in [0.15, 0.2) is 0 Å². The standard InChI is InChI=1S/C15H18N2O4S/c1-15(2,3)21-14(18)17-12-6-4-11-9-13(22(16,19)20)7-5-10(11)8-12/h4-9H,1-3H3,(H,17,18)(H2,16,19,20). The molecule has 2 aromatic carbocycles. The van der Waals surface area contributed by atoms with E-state index in [-0.39, 0.29) is 4.90 Å². The molecule has 118 valence electrons. The van der Waals surface area contributed by atoms with Crippen molar-refractivity contribution in [2.45, 2.75) is 31.3 Å². The van der Waals surface area contributed by atoms with Gasteiger partial charge < -0.3 is 4.74 Å². The van der Waals surface area contributed by atoms with Crippen LogP contribution >= 0.6 is 0 Å². The Morgan fingerprint density at radius 1 is 1.09 bits per heavy atom. The highest BCUT2D eigenvalue weighted by Gasteiger charge is 2.16. The maximum absolute atomic E-state index is 11.7. The van der Waals surface area contributed by atoms with Crippen molar-refractivity contribution in [2.75, 3.05) is 5.32 Å². The minimum absolute atomic E-state index is 0.0489. The first-order chi connectivity index (χ1) is 10.0. The largest absolute Gasteiger partial charge is 0.444 e. The number of amides is 1. The molecule has 0 radical (unpaired) electrons. The molecule has 0 aliphatic rings. The van der Waals surface area contributed by atoms with Crippen LogP contribution in [0.5, 0.6) is 0 Å². The number of fused-ring (bicyclic) bond motifs is 1. The molecule has 0 unspecified atom stereocenters. The summed E-state index contributed by atoms with van der Waals surface area (Å²) in [4.78, 5) is 11.8. The van der Waals surface area contributed by atoms with Gasteiger partial charge in [0.25, 0.3) is 0 Å². The smallest absolute Gasteiger partial charge is 0.412 e. The molecule has 22 heavy (non-hydrogen) atoms. The minimum Gasteiger partial charge on any atom is -0.444 e. The number of benzene rings is 2. The van der Waals surface area contributed by atoms with E-state index < -0.39 is 21.7 Å². The highest BCUT2D eigenvalue weighted by molar-refractivity contribution is 7.89. The van der Waals surface area contributed by atoms with Crippen LogP contribution in [0.25, 0.3) is 10.8 Å². The minimum atomic E-state index is -3.73. The molecule has 0 saturated carbocycles. The number of ether oxygens (including phenoxy) is 1. The zero-order valence-corrected chi connectivity index (χ0v) is 13.4. The number of primary sulfonamides is 1. The van der Waals surface area contributed by atoms with Crippen LogP contribution in [0.2, 0.25) is 0 Å². The maximum atomic E-state index is 11.7. The molecule has 6 nitrogen and oxygen atoms in total. The number of rotatable bonds is 2. The van der Waals surface area contributed by atoms with Crippen LogP contribution < -0.4 is 10.5 Å². The molecule has 0 spiro atoms. The van der Waals surface area contributed by atoms with Gasteiger partial charge in [-0.25, -0.2) is 18.4 Å². The molecule has 1 amide bonds. The van der Waals surface area contributed by atoms with Gasteiger partial charge >= 0.3 is 6.09 Å². The van der Waals surface area contributed by atoms with E-state index in [2.05, 4.69) is 5.32 Å². The number of carbonyl (C=O) groups is 1. The Balaban J connectivity index is 2.27. The quantitative estimate of drug-likeness (QED) is 0.888. The molecule has 0 saturated heterocycles. The van der Waals surface area contributed by atoms with E-state index in [0.29, 0.717) is 11.1 Å². The highest BCUT2D eigenvalue weighted by atomic mass is 32.2. The number of nitrogens with two attached hydrogens (primary N) is 1. The maximum Gasteiger partial charge on any atom is 0.412 e. The van der Waals surface area contributed by atoms with E-state index in [1.54, 1.807) is 45.0 Å². The first kappa shape index (κ1) is 16.3. The third-order valence-electron chi connectivity index (χ3n) is 2.79. The molecule has 0 aliphatic carbocycles. The molecular formula is C15H18N2O4S. The average molecular weight is 322 g/mol. The van der Waals surface area contributed by atoms with Crippen molar-refractivity contribution in [3.8, 4) is 0 Å². The molecule has 3 N–H and O–H groups in total. The van der Waals surface area contributed by atoms with Crippen molar-refractivity contribution < 1.29 is 17.9 Å². The Morgan fingerprint density at radius 3 is 2.27 bits per heavy atom. The number of hydrogen-bond donors (Lipinski definition) is 2. The lowest BCUT2D eigenvalue weighted by Gasteiger charge is -2.19. The van der Waals surface area contributed by atoms with Crippen LogP contribution in [0.1, 0.15) is 20.8 Å². The number of carbonyl (C=O) groups excluding carboxylic acids is 1. The van der Waals surface area contributed by atoms with Gasteiger partial charge in [0.1, 0.15) is 5.60 Å². The van der Waals surface area contributed by atoms with Gasteiger partial charge in [-0.3, -0.25) is 5.32 Å². The van der Waals surface area contributed by atoms with Crippen molar-refractivity contribution in [2.24, 2.45) is 5.14 Å². The molecular weight excluding hydrogens is 304 g/mol. The average Bonchev–Trinajstić information content (AvgIpc) is 2.34. The Morgan fingerprint density at radius 2 is 1.68 bits per heavy atom. The molecule has 0 aromatic heterocycles. The fourth-order valence-electron chi connectivity index (χ4n) is 1.90. The summed E-state index contributed by atoms with van der Waals surface area (Å²) < 4.78 is 27.8. The van der Waals surface area contributed by atoms with Crippen LogP contribution in [0.15, 0.2) is 41.3 Å². The lowest BCUT2D eigenvalue weighted by Crippen LogP contribution is -2.27. The van der Waals surface area contributed by atoms with Gasteiger partial charge in [-0.05, 0) is 55.8 Å². The second kappa shape index (κ2) is 5.58. The summed E-state index contributed by atoms with van der Waals surface area (Å²) in [5.74, 6) is 0. The van der Waals surface area contributed by atoms with Gasteiger partial charge in [-0.1, -0.05) is 12.1 Å².